The minimum absolute atomic E-state index is 0.174. The first kappa shape index (κ1) is 12.7. The van der Waals surface area contributed by atoms with Crippen molar-refractivity contribution < 1.29 is 24.1 Å². The highest BCUT2D eigenvalue weighted by atomic mass is 79.9. The molecular weight excluding hydrogens is 285 g/mol. The Morgan fingerprint density at radius 3 is 2.69 bits per heavy atom. The van der Waals surface area contributed by atoms with Crippen molar-refractivity contribution in [1.29, 1.82) is 0 Å². The summed E-state index contributed by atoms with van der Waals surface area (Å²) in [5.74, 6) is -2.82. The third kappa shape index (κ3) is 2.10. The molecule has 7 heteroatoms. The zero-order valence-electron chi connectivity index (χ0n) is 8.20. The fourth-order valence-electron chi connectivity index (χ4n) is 1.18. The Balaban J connectivity index is 3.47. The van der Waals surface area contributed by atoms with Crippen LogP contribution in [0, 0.1) is 5.82 Å². The van der Waals surface area contributed by atoms with Crippen molar-refractivity contribution >= 4 is 21.9 Å². The van der Waals surface area contributed by atoms with E-state index in [1.165, 1.54) is 7.11 Å². The standard InChI is InChI=1S/C9H9BrFNO4/c1-16-4-2-3(11)6(10)5(8(4)13)7(12)9(14)15/h2,7,13H,12H2,1H3,(H,14,15). The van der Waals surface area contributed by atoms with Crippen LogP contribution in [0.5, 0.6) is 11.5 Å². The van der Waals surface area contributed by atoms with E-state index in [-0.39, 0.29) is 15.8 Å². The largest absolute Gasteiger partial charge is 0.504 e. The first-order valence-electron chi connectivity index (χ1n) is 4.13. The van der Waals surface area contributed by atoms with Crippen LogP contribution in [0.4, 0.5) is 4.39 Å². The van der Waals surface area contributed by atoms with E-state index in [0.29, 0.717) is 0 Å². The molecule has 0 heterocycles. The lowest BCUT2D eigenvalue weighted by molar-refractivity contribution is -0.138. The number of nitrogens with two attached hydrogens (primary N) is 1. The van der Waals surface area contributed by atoms with Crippen LogP contribution in [0.25, 0.3) is 0 Å². The summed E-state index contributed by atoms with van der Waals surface area (Å²) in [6.07, 6.45) is 0. The minimum Gasteiger partial charge on any atom is -0.504 e. The van der Waals surface area contributed by atoms with Gasteiger partial charge >= 0.3 is 5.97 Å². The fraction of sp³-hybridized carbons (Fsp3) is 0.222. The molecule has 1 rings (SSSR count). The minimum atomic E-state index is -1.54. The number of hydrogen-bond acceptors (Lipinski definition) is 4. The molecule has 0 saturated carbocycles. The molecule has 4 N–H and O–H groups in total. The van der Waals surface area contributed by atoms with Crippen molar-refractivity contribution in [2.75, 3.05) is 7.11 Å². The first-order valence-corrected chi connectivity index (χ1v) is 4.92. The molecule has 0 bridgehead atoms. The molecule has 0 aliphatic carbocycles. The zero-order chi connectivity index (χ0) is 12.5. The number of carboxylic acids is 1. The van der Waals surface area contributed by atoms with Crippen LogP contribution in [0.2, 0.25) is 0 Å². The average molecular weight is 294 g/mol. The van der Waals surface area contributed by atoms with Gasteiger partial charge in [-0.15, -0.1) is 0 Å². The van der Waals surface area contributed by atoms with E-state index in [4.69, 9.17) is 15.6 Å². The van der Waals surface area contributed by atoms with Gasteiger partial charge < -0.3 is 20.7 Å². The van der Waals surface area contributed by atoms with Gasteiger partial charge in [0.15, 0.2) is 11.5 Å². The summed E-state index contributed by atoms with van der Waals surface area (Å²) >= 11 is 2.83. The van der Waals surface area contributed by atoms with Crippen molar-refractivity contribution in [3.63, 3.8) is 0 Å². The maximum Gasteiger partial charge on any atom is 0.325 e. The predicted octanol–water partition coefficient (Wildman–Crippen LogP) is 1.39. The molecule has 0 radical (unpaired) electrons. The average Bonchev–Trinajstić information content (AvgIpc) is 2.23. The topological polar surface area (TPSA) is 92.8 Å². The molecule has 0 aromatic heterocycles. The summed E-state index contributed by atoms with van der Waals surface area (Å²) in [5.41, 5.74) is 5.06. The number of carboxylic acid groups (broad SMARTS) is 1. The summed E-state index contributed by atoms with van der Waals surface area (Å²) in [7, 11) is 1.22. The summed E-state index contributed by atoms with van der Waals surface area (Å²) in [6.45, 7) is 0. The van der Waals surface area contributed by atoms with Crippen LogP contribution < -0.4 is 10.5 Å². The smallest absolute Gasteiger partial charge is 0.325 e. The molecule has 1 unspecified atom stereocenters. The van der Waals surface area contributed by atoms with Crippen molar-refractivity contribution in [2.24, 2.45) is 5.73 Å². The van der Waals surface area contributed by atoms with Crippen LogP contribution >= 0.6 is 15.9 Å². The second-order valence-corrected chi connectivity index (χ2v) is 3.75. The monoisotopic (exact) mass is 293 g/mol. The molecule has 5 nitrogen and oxygen atoms in total. The Kier molecular flexibility index (Phi) is 3.71. The van der Waals surface area contributed by atoms with Gasteiger partial charge in [0.1, 0.15) is 11.9 Å². The Morgan fingerprint density at radius 2 is 2.25 bits per heavy atom. The number of aromatic hydroxyl groups is 1. The lowest BCUT2D eigenvalue weighted by atomic mass is 10.1. The number of ether oxygens (including phenoxy) is 1. The van der Waals surface area contributed by atoms with Crippen molar-refractivity contribution in [3.05, 3.63) is 21.9 Å². The van der Waals surface area contributed by atoms with Gasteiger partial charge in [-0.1, -0.05) is 0 Å². The Morgan fingerprint density at radius 1 is 1.69 bits per heavy atom. The van der Waals surface area contributed by atoms with Gasteiger partial charge in [-0.25, -0.2) is 4.39 Å². The SMILES string of the molecule is COc1cc(F)c(Br)c(C(N)C(=O)O)c1O. The van der Waals surface area contributed by atoms with E-state index >= 15 is 0 Å². The lowest BCUT2D eigenvalue weighted by Gasteiger charge is -2.14. The molecule has 0 saturated heterocycles. The van der Waals surface area contributed by atoms with Gasteiger partial charge in [0.2, 0.25) is 0 Å². The normalized spacial score (nSPS) is 12.2. The van der Waals surface area contributed by atoms with Gasteiger partial charge in [-0.2, -0.15) is 0 Å². The van der Waals surface area contributed by atoms with E-state index in [9.17, 15) is 14.3 Å². The number of halogens is 2. The number of phenols is 1. The molecule has 0 aliphatic rings. The summed E-state index contributed by atoms with van der Waals surface area (Å²) in [6, 6.07) is -0.615. The maximum absolute atomic E-state index is 13.3. The number of rotatable bonds is 3. The maximum atomic E-state index is 13.3. The van der Waals surface area contributed by atoms with Gasteiger partial charge in [-0.3, -0.25) is 4.79 Å². The summed E-state index contributed by atoms with van der Waals surface area (Å²) in [4.78, 5) is 10.7. The van der Waals surface area contributed by atoms with Crippen molar-refractivity contribution in [1.82, 2.24) is 0 Å². The molecule has 0 spiro atoms. The van der Waals surface area contributed by atoms with Gasteiger partial charge in [0, 0.05) is 11.6 Å². The predicted molar refractivity (Wildman–Crippen MR) is 56.9 cm³/mol. The number of carbonyl (C=O) groups is 1. The number of hydrogen-bond donors (Lipinski definition) is 3. The Hall–Kier alpha value is -1.34. The number of phenolic OH excluding ortho intramolecular Hbond substituents is 1. The highest BCUT2D eigenvalue weighted by Crippen LogP contribution is 2.40. The molecule has 16 heavy (non-hydrogen) atoms. The van der Waals surface area contributed by atoms with Crippen LogP contribution in [-0.4, -0.2) is 23.3 Å². The van der Waals surface area contributed by atoms with Gasteiger partial charge in [-0.05, 0) is 15.9 Å². The van der Waals surface area contributed by atoms with E-state index in [0.717, 1.165) is 6.07 Å². The molecule has 0 amide bonds. The van der Waals surface area contributed by atoms with Crippen LogP contribution in [0.3, 0.4) is 0 Å². The van der Waals surface area contributed by atoms with Gasteiger partial charge in [0.05, 0.1) is 11.6 Å². The van der Waals surface area contributed by atoms with Crippen molar-refractivity contribution in [2.45, 2.75) is 6.04 Å². The number of methoxy groups -OCH3 is 1. The Bertz CT molecular complexity index is 438. The zero-order valence-corrected chi connectivity index (χ0v) is 9.78. The second-order valence-electron chi connectivity index (χ2n) is 2.95. The second kappa shape index (κ2) is 4.67. The summed E-state index contributed by atoms with van der Waals surface area (Å²) < 4.78 is 17.8. The van der Waals surface area contributed by atoms with E-state index < -0.39 is 23.6 Å². The number of benzene rings is 1. The highest BCUT2D eigenvalue weighted by molar-refractivity contribution is 9.10. The molecule has 88 valence electrons. The third-order valence-corrected chi connectivity index (χ3v) is 2.80. The summed E-state index contributed by atoms with van der Waals surface area (Å²) in [5, 5.41) is 18.4. The number of aliphatic carboxylic acids is 1. The third-order valence-electron chi connectivity index (χ3n) is 1.99. The van der Waals surface area contributed by atoms with Gasteiger partial charge in [0.25, 0.3) is 0 Å². The van der Waals surface area contributed by atoms with E-state index in [1.54, 1.807) is 0 Å². The van der Waals surface area contributed by atoms with E-state index in [1.807, 2.05) is 0 Å². The van der Waals surface area contributed by atoms with Crippen molar-refractivity contribution in [3.8, 4) is 11.5 Å². The first-order chi connectivity index (χ1) is 7.40. The lowest BCUT2D eigenvalue weighted by Crippen LogP contribution is -2.21. The molecular formula is C9H9BrFNO4. The Labute approximate surface area is 98.8 Å². The fourth-order valence-corrected chi connectivity index (χ4v) is 1.72. The van der Waals surface area contributed by atoms with Crippen LogP contribution in [0.1, 0.15) is 11.6 Å². The quantitative estimate of drug-likeness (QED) is 0.783. The molecule has 0 fully saturated rings. The molecule has 1 aromatic carbocycles. The molecule has 1 atom stereocenters. The van der Waals surface area contributed by atoms with Crippen LogP contribution in [-0.2, 0) is 4.79 Å². The van der Waals surface area contributed by atoms with E-state index in [2.05, 4.69) is 15.9 Å². The molecule has 0 aliphatic heterocycles. The highest BCUT2D eigenvalue weighted by Gasteiger charge is 2.26. The molecule has 1 aromatic rings. The van der Waals surface area contributed by atoms with Crippen LogP contribution in [0.15, 0.2) is 10.5 Å².